The number of carbonyl (C=O) groups excluding carboxylic acids is 12. The number of ether oxygens (including phenoxy) is 8. The van der Waals surface area contributed by atoms with E-state index >= 15 is 0 Å². The second kappa shape index (κ2) is 59.6. The minimum Gasteiger partial charge on any atom is -0.481 e. The van der Waals surface area contributed by atoms with Gasteiger partial charge in [0.25, 0.3) is 5.91 Å². The van der Waals surface area contributed by atoms with E-state index in [1.165, 1.54) is 30.5 Å². The number of nitrogens with zero attached hydrogens (tertiary/aromatic N) is 1. The van der Waals surface area contributed by atoms with E-state index in [-0.39, 0.29) is 152 Å². The molecule has 2 saturated heterocycles. The number of nitrogens with one attached hydrogen (secondary N) is 14. The maximum Gasteiger partial charge on any atom is 0.305 e. The van der Waals surface area contributed by atoms with E-state index < -0.39 is 145 Å². The van der Waals surface area contributed by atoms with E-state index in [0.717, 1.165) is 39.8 Å². The molecule has 17 N–H and O–H groups in total. The highest BCUT2D eigenvalue weighted by Gasteiger charge is 2.35. The van der Waals surface area contributed by atoms with Crippen LogP contribution in [0, 0.1) is 11.2 Å². The standard InChI is InChI=1S/C70H107FN16O23S3/c1-2-22-102-26-27-105-25-21-77-64(96)54-43-111-46-61(92)81-51(11-6-7-17-74-58(89)40-109-41-59(90)75-19-23-103-28-30-106-32-34-108-35-33-107-31-29-104-24-20-76-60(91)42-110-80-38-48-13-15-49(71)16-14-48)65(97)86-55-44-112-113-45-56(69(101)84-52(66(98)85-54)36-47-9-4-3-5-10-47)87-67(99)53(37-62(93)94)82-57(88)39-79-63(95)50(83-68(55)100)12-8-18-78-70(72)73/h3-5,9-10,13-16,38,50-56H,2,6-8,11-12,17-37,39-46H2,1H3,(H,74,89)(H,75,90)(H,76,91)(H,77,96)(H,79,95)(H,81,92)(H,82,88)(H,83,100)(H,84,101)(H,85,98)(H,86,97)(H,87,99)(H,93,94)(H4,72,73,78)/b80-38+/t50-,51-,52-,53-,54-,55-,56-/m0/s1/i71-1. The summed E-state index contributed by atoms with van der Waals surface area (Å²) in [5, 5.41) is 54.8. The number of halogens is 1. The molecule has 4 rings (SSSR count). The molecule has 2 aromatic carbocycles. The molecule has 2 aliphatic rings. The summed E-state index contributed by atoms with van der Waals surface area (Å²) in [5.74, 6) is -13.3. The first-order valence-corrected chi connectivity index (χ1v) is 40.4. The number of hydrogen-bond donors (Lipinski definition) is 16. The average Bonchev–Trinajstić information content (AvgIpc) is 1.35. The van der Waals surface area contributed by atoms with E-state index in [9.17, 15) is 71.8 Å². The van der Waals surface area contributed by atoms with Gasteiger partial charge in [-0.2, -0.15) is 0 Å². The number of carboxylic acids is 1. The molecule has 0 saturated carbocycles. The van der Waals surface area contributed by atoms with Gasteiger partial charge in [-0.3, -0.25) is 67.7 Å². The zero-order valence-corrected chi connectivity index (χ0v) is 65.6. The molecule has 0 aliphatic carbocycles. The molecule has 2 heterocycles. The van der Waals surface area contributed by atoms with Crippen molar-refractivity contribution < 1.29 is 115 Å². The van der Waals surface area contributed by atoms with Crippen LogP contribution in [0.5, 0.6) is 0 Å². The molecule has 43 heteroatoms. The van der Waals surface area contributed by atoms with E-state index in [4.69, 9.17) is 53.9 Å². The number of carbonyl (C=O) groups is 13. The number of guanidine groups is 1. The van der Waals surface area contributed by atoms with Crippen LogP contribution in [0.25, 0.3) is 0 Å². The zero-order valence-electron chi connectivity index (χ0n) is 63.1. The quantitative estimate of drug-likeness (QED) is 0.00987. The van der Waals surface area contributed by atoms with Crippen molar-refractivity contribution in [3.8, 4) is 0 Å². The summed E-state index contributed by atoms with van der Waals surface area (Å²) in [6.07, 6.45) is 1.30. The first kappa shape index (κ1) is 96.3. The van der Waals surface area contributed by atoms with Gasteiger partial charge in [-0.05, 0) is 61.8 Å². The van der Waals surface area contributed by atoms with Crippen molar-refractivity contribution in [2.45, 2.75) is 101 Å². The fourth-order valence-corrected chi connectivity index (χ4v) is 13.1. The van der Waals surface area contributed by atoms with Crippen molar-refractivity contribution in [2.75, 3.05) is 175 Å². The summed E-state index contributed by atoms with van der Waals surface area (Å²) in [4.78, 5) is 182. The maximum absolute atomic E-state index is 14.6. The second-order valence-electron chi connectivity index (χ2n) is 24.8. The van der Waals surface area contributed by atoms with Crippen molar-refractivity contribution >= 4 is 122 Å². The molecule has 0 spiro atoms. The molecule has 630 valence electrons. The number of hydrogen-bond acceptors (Lipinski definition) is 27. The molecule has 7 atom stereocenters. The van der Waals surface area contributed by atoms with Crippen LogP contribution in [0.3, 0.4) is 0 Å². The van der Waals surface area contributed by atoms with Gasteiger partial charge >= 0.3 is 5.97 Å². The van der Waals surface area contributed by atoms with Gasteiger partial charge in [0.2, 0.25) is 65.0 Å². The molecule has 0 radical (unpaired) electrons. The first-order valence-electron chi connectivity index (χ1n) is 36.7. The average molecular weight is 1650 g/mol. The molecule has 2 bridgehead atoms. The van der Waals surface area contributed by atoms with Gasteiger partial charge in [0.05, 0.1) is 111 Å². The summed E-state index contributed by atoms with van der Waals surface area (Å²) in [5.41, 5.74) is 6.63. The molecule has 2 fully saturated rings. The lowest BCUT2D eigenvalue weighted by molar-refractivity contribution is -0.141. The number of amides is 12. The number of oxime groups is 1. The number of rotatable bonds is 48. The minimum absolute atomic E-state index is 0.0151. The second-order valence-corrected chi connectivity index (χ2v) is 28.4. The Balaban J connectivity index is 1.33. The summed E-state index contributed by atoms with van der Waals surface area (Å²) in [7, 11) is 1.81. The van der Waals surface area contributed by atoms with Gasteiger partial charge in [0.15, 0.2) is 12.6 Å². The van der Waals surface area contributed by atoms with Crippen LogP contribution >= 0.6 is 33.3 Å². The van der Waals surface area contributed by atoms with Crippen molar-refractivity contribution in [1.29, 1.82) is 5.41 Å². The third kappa shape index (κ3) is 46.0. The SMILES string of the molecule is CCCOCCOCCNC(=O)[C@@H]1CSCC(=O)N[C@@H](CCCCNC(=O)COCC(=O)NCCOCCOCCOCCOCCOCCNC(=O)CO/N=C/c2ccc([18F])cc2)C(=O)N[C@H]2CSSC[C@H](NC(=O)[C@H](CC(=O)O)NC(=O)CNC(=O)[C@H](CCCNC(=N)N)NC2=O)C(=O)N[C@@H](Cc2ccccc2)C(=O)N1. The number of unbranched alkanes of at least 4 members (excludes halogenated alkanes) is 1. The van der Waals surface area contributed by atoms with Crippen LogP contribution in [-0.4, -0.2) is 311 Å². The summed E-state index contributed by atoms with van der Waals surface area (Å²) >= 11 is 0.900. The van der Waals surface area contributed by atoms with Gasteiger partial charge in [0, 0.05) is 63.0 Å². The Morgan fingerprint density at radius 1 is 0.522 bits per heavy atom. The Morgan fingerprint density at radius 2 is 1.01 bits per heavy atom. The normalized spacial score (nSPS) is 19.2. The van der Waals surface area contributed by atoms with Gasteiger partial charge < -0.3 is 123 Å². The monoisotopic (exact) mass is 1650 g/mol. The molecule has 12 amide bonds. The number of nitrogens with two attached hydrogens (primary N) is 1. The lowest BCUT2D eigenvalue weighted by atomic mass is 10.0. The van der Waals surface area contributed by atoms with Crippen molar-refractivity contribution in [1.82, 2.24) is 69.1 Å². The van der Waals surface area contributed by atoms with Crippen LogP contribution < -0.4 is 74.9 Å². The highest BCUT2D eigenvalue weighted by Crippen LogP contribution is 2.24. The van der Waals surface area contributed by atoms with E-state index in [1.807, 2.05) is 6.92 Å². The smallest absolute Gasteiger partial charge is 0.305 e. The first-order chi connectivity index (χ1) is 54.6. The molecule has 0 unspecified atom stereocenters. The maximum atomic E-state index is 14.6. The van der Waals surface area contributed by atoms with Gasteiger partial charge in [-0.15, -0.1) is 11.8 Å². The van der Waals surface area contributed by atoms with Crippen LogP contribution in [-0.2, 0) is 111 Å². The van der Waals surface area contributed by atoms with Crippen LogP contribution in [0.1, 0.15) is 63.0 Å². The van der Waals surface area contributed by atoms with Crippen molar-refractivity contribution in [3.05, 3.63) is 71.5 Å². The molecular formula is C70H107FN16O23S3. The Labute approximate surface area is 666 Å². The predicted molar refractivity (Wildman–Crippen MR) is 413 cm³/mol. The number of benzene rings is 2. The van der Waals surface area contributed by atoms with E-state index in [1.54, 1.807) is 30.3 Å². The summed E-state index contributed by atoms with van der Waals surface area (Å²) < 4.78 is 56.7. The zero-order chi connectivity index (χ0) is 82.1. The number of fused-ring (bicyclic) bond motifs is 5. The van der Waals surface area contributed by atoms with E-state index in [0.29, 0.717) is 64.0 Å². The molecule has 2 aliphatic heterocycles. The third-order valence-corrected chi connectivity index (χ3v) is 19.0. The van der Waals surface area contributed by atoms with Gasteiger partial charge in [0.1, 0.15) is 61.3 Å². The van der Waals surface area contributed by atoms with Crippen molar-refractivity contribution in [3.63, 3.8) is 0 Å². The fraction of sp³-hybridized carbons (Fsp3) is 0.614. The number of aliphatic carboxylic acids is 1. The van der Waals surface area contributed by atoms with Crippen LogP contribution in [0.2, 0.25) is 0 Å². The Hall–Kier alpha value is -9.05. The lowest BCUT2D eigenvalue weighted by Gasteiger charge is -2.27. The fourth-order valence-electron chi connectivity index (χ4n) is 9.87. The van der Waals surface area contributed by atoms with Gasteiger partial charge in [-0.25, -0.2) is 4.39 Å². The molecule has 0 aromatic heterocycles. The van der Waals surface area contributed by atoms with Crippen LogP contribution in [0.15, 0.2) is 59.8 Å². The Kier molecular flexibility index (Phi) is 50.8. The van der Waals surface area contributed by atoms with Gasteiger partial charge in [-0.1, -0.05) is 76.1 Å². The van der Waals surface area contributed by atoms with E-state index in [2.05, 4.69) is 74.3 Å². The molecular weight excluding hydrogens is 1550 g/mol. The summed E-state index contributed by atoms with van der Waals surface area (Å²) in [6.45, 7) is 4.38. The highest BCUT2D eigenvalue weighted by molar-refractivity contribution is 8.76. The highest BCUT2D eigenvalue weighted by atomic mass is 33.1. The summed E-state index contributed by atoms with van der Waals surface area (Å²) in [6, 6.07) is 3.46. The minimum atomic E-state index is -1.83. The number of carboxylic acid groups (broad SMARTS) is 1. The third-order valence-electron chi connectivity index (χ3n) is 15.5. The lowest BCUT2D eigenvalue weighted by Crippen LogP contribution is -2.60. The molecule has 39 nitrogen and oxygen atoms in total. The van der Waals surface area contributed by atoms with Crippen molar-refractivity contribution in [2.24, 2.45) is 10.9 Å². The predicted octanol–water partition coefficient (Wildman–Crippen LogP) is -4.01. The largest absolute Gasteiger partial charge is 0.481 e. The van der Waals surface area contributed by atoms with Crippen LogP contribution in [0.4, 0.5) is 4.39 Å². The Morgan fingerprint density at radius 3 is 1.58 bits per heavy atom. The Bertz CT molecular complexity index is 3300. The molecule has 113 heavy (non-hydrogen) atoms. The number of thioether (sulfide) groups is 1. The molecule has 2 aromatic rings. The topological polar surface area (TPSA) is 544 Å².